The van der Waals surface area contributed by atoms with Crippen LogP contribution in [0.4, 0.5) is 5.69 Å². The number of nitrogens with one attached hydrogen (secondary N) is 3. The van der Waals surface area contributed by atoms with Crippen molar-refractivity contribution in [1.29, 1.82) is 0 Å². The van der Waals surface area contributed by atoms with Crippen LogP contribution in [0.2, 0.25) is 0 Å². The van der Waals surface area contributed by atoms with Gasteiger partial charge < -0.3 is 26.6 Å². The van der Waals surface area contributed by atoms with Gasteiger partial charge in [0.05, 0.1) is 17.9 Å². The second-order valence-corrected chi connectivity index (χ2v) is 8.72. The SMILES string of the molecule is Cc1cc(CC(=O)NCCON=C(N)N)c(NS(=O)(=O)c2cccc(Br)c2)c(=O)[nH]1. The van der Waals surface area contributed by atoms with E-state index in [2.05, 4.69) is 36.1 Å². The largest absolute Gasteiger partial charge is 0.391 e. The number of hydrogen-bond acceptors (Lipinski definition) is 6. The number of anilines is 1. The first-order chi connectivity index (χ1) is 14.1. The van der Waals surface area contributed by atoms with Crippen molar-refractivity contribution in [3.8, 4) is 0 Å². The van der Waals surface area contributed by atoms with Gasteiger partial charge >= 0.3 is 0 Å². The molecule has 2 rings (SSSR count). The van der Waals surface area contributed by atoms with E-state index in [9.17, 15) is 18.0 Å². The number of rotatable bonds is 9. The lowest BCUT2D eigenvalue weighted by atomic mass is 10.1. The fourth-order valence-electron chi connectivity index (χ4n) is 2.43. The zero-order chi connectivity index (χ0) is 22.3. The molecule has 0 aliphatic carbocycles. The van der Waals surface area contributed by atoms with Gasteiger partial charge in [-0.1, -0.05) is 22.0 Å². The Hall–Kier alpha value is -3.06. The molecule has 0 fully saturated rings. The van der Waals surface area contributed by atoms with E-state index in [4.69, 9.17) is 16.3 Å². The molecule has 162 valence electrons. The Bertz CT molecular complexity index is 1110. The standard InChI is InChI=1S/C17H21BrN6O5S/c1-10-7-11(8-14(25)21-5-6-29-23-17(19)20)15(16(26)22-10)24-30(27,28)13-4-2-3-12(18)9-13/h2-4,7,9,24H,5-6,8H2,1H3,(H,21,25)(H,22,26)(H4,19,20,23). The van der Waals surface area contributed by atoms with E-state index in [-0.39, 0.29) is 41.7 Å². The maximum Gasteiger partial charge on any atom is 0.272 e. The Morgan fingerprint density at radius 3 is 2.70 bits per heavy atom. The normalized spacial score (nSPS) is 10.9. The molecule has 0 aliphatic heterocycles. The number of aryl methyl sites for hydroxylation is 1. The van der Waals surface area contributed by atoms with Gasteiger partial charge in [-0.05, 0) is 41.9 Å². The molecular formula is C17H21BrN6O5S. The highest BCUT2D eigenvalue weighted by Crippen LogP contribution is 2.20. The van der Waals surface area contributed by atoms with Crippen molar-refractivity contribution in [2.45, 2.75) is 18.2 Å². The minimum atomic E-state index is -4.05. The smallest absolute Gasteiger partial charge is 0.272 e. The van der Waals surface area contributed by atoms with Crippen molar-refractivity contribution in [2.75, 3.05) is 17.9 Å². The van der Waals surface area contributed by atoms with Crippen LogP contribution < -0.4 is 27.1 Å². The third-order valence-electron chi connectivity index (χ3n) is 3.63. The van der Waals surface area contributed by atoms with E-state index in [1.54, 1.807) is 19.1 Å². The fourth-order valence-corrected chi connectivity index (χ4v) is 4.13. The van der Waals surface area contributed by atoms with E-state index in [0.29, 0.717) is 10.2 Å². The number of carbonyl (C=O) groups excluding carboxylic acids is 1. The Morgan fingerprint density at radius 1 is 1.30 bits per heavy atom. The average Bonchev–Trinajstić information content (AvgIpc) is 2.64. The molecule has 13 heteroatoms. The first kappa shape index (κ1) is 23.2. The van der Waals surface area contributed by atoms with Gasteiger partial charge in [-0.15, -0.1) is 0 Å². The van der Waals surface area contributed by atoms with Gasteiger partial charge in [0.2, 0.25) is 11.9 Å². The molecule has 1 aromatic heterocycles. The summed E-state index contributed by atoms with van der Waals surface area (Å²) in [6.07, 6.45) is -0.233. The van der Waals surface area contributed by atoms with Crippen LogP contribution in [0, 0.1) is 6.92 Å². The monoisotopic (exact) mass is 500 g/mol. The number of aromatic nitrogens is 1. The number of nitrogens with zero attached hydrogens (tertiary/aromatic N) is 1. The maximum atomic E-state index is 12.7. The number of benzene rings is 1. The minimum Gasteiger partial charge on any atom is -0.391 e. The molecule has 1 heterocycles. The van der Waals surface area contributed by atoms with E-state index >= 15 is 0 Å². The zero-order valence-corrected chi connectivity index (χ0v) is 18.3. The van der Waals surface area contributed by atoms with Crippen LogP contribution in [-0.2, 0) is 26.1 Å². The van der Waals surface area contributed by atoms with Gasteiger partial charge in [-0.25, -0.2) is 8.42 Å². The fraction of sp³-hybridized carbons (Fsp3) is 0.235. The Kier molecular flexibility index (Phi) is 7.83. The van der Waals surface area contributed by atoms with Gasteiger partial charge in [0.25, 0.3) is 15.6 Å². The first-order valence-electron chi connectivity index (χ1n) is 8.57. The summed E-state index contributed by atoms with van der Waals surface area (Å²) in [5.41, 5.74) is 10.0. The number of halogens is 1. The molecule has 30 heavy (non-hydrogen) atoms. The number of amides is 1. The maximum absolute atomic E-state index is 12.7. The Labute approximate surface area is 181 Å². The van der Waals surface area contributed by atoms with Gasteiger partial charge in [-0.3, -0.25) is 14.3 Å². The van der Waals surface area contributed by atoms with Crippen molar-refractivity contribution >= 4 is 43.5 Å². The molecule has 2 aromatic rings. The summed E-state index contributed by atoms with van der Waals surface area (Å²) in [7, 11) is -4.05. The summed E-state index contributed by atoms with van der Waals surface area (Å²) >= 11 is 3.21. The summed E-state index contributed by atoms with van der Waals surface area (Å²) in [4.78, 5) is 31.9. The molecule has 0 saturated carbocycles. The highest BCUT2D eigenvalue weighted by atomic mass is 79.9. The molecule has 0 atom stereocenters. The molecule has 0 unspecified atom stereocenters. The molecule has 0 saturated heterocycles. The highest BCUT2D eigenvalue weighted by Gasteiger charge is 2.20. The molecular weight excluding hydrogens is 480 g/mol. The third-order valence-corrected chi connectivity index (χ3v) is 5.47. The lowest BCUT2D eigenvalue weighted by Gasteiger charge is -2.13. The molecule has 0 radical (unpaired) electrons. The van der Waals surface area contributed by atoms with Crippen LogP contribution in [0.3, 0.4) is 0 Å². The van der Waals surface area contributed by atoms with Crippen LogP contribution in [-0.4, -0.2) is 38.4 Å². The Morgan fingerprint density at radius 2 is 2.03 bits per heavy atom. The lowest BCUT2D eigenvalue weighted by molar-refractivity contribution is -0.120. The van der Waals surface area contributed by atoms with Crippen LogP contribution in [0.5, 0.6) is 0 Å². The van der Waals surface area contributed by atoms with E-state index in [0.717, 1.165) is 0 Å². The van der Waals surface area contributed by atoms with Gasteiger partial charge in [0.15, 0.2) is 0 Å². The number of pyridine rings is 1. The van der Waals surface area contributed by atoms with Crippen molar-refractivity contribution in [3.05, 3.63) is 56.4 Å². The molecule has 7 N–H and O–H groups in total. The summed E-state index contributed by atoms with van der Waals surface area (Å²) in [5.74, 6) is -0.695. The van der Waals surface area contributed by atoms with Crippen molar-refractivity contribution in [3.63, 3.8) is 0 Å². The van der Waals surface area contributed by atoms with Gasteiger partial charge in [-0.2, -0.15) is 0 Å². The van der Waals surface area contributed by atoms with Gasteiger partial charge in [0.1, 0.15) is 12.3 Å². The summed E-state index contributed by atoms with van der Waals surface area (Å²) < 4.78 is 28.2. The summed E-state index contributed by atoms with van der Waals surface area (Å²) in [6, 6.07) is 7.53. The molecule has 0 aliphatic rings. The molecule has 0 spiro atoms. The predicted molar refractivity (Wildman–Crippen MR) is 115 cm³/mol. The van der Waals surface area contributed by atoms with Crippen molar-refractivity contribution in [1.82, 2.24) is 10.3 Å². The summed E-state index contributed by atoms with van der Waals surface area (Å²) in [5, 5.41) is 5.88. The minimum absolute atomic E-state index is 0.0282. The number of H-pyrrole nitrogens is 1. The number of nitrogens with two attached hydrogens (primary N) is 2. The quantitative estimate of drug-likeness (QED) is 0.140. The predicted octanol–water partition coefficient (Wildman–Crippen LogP) is 0.110. The van der Waals surface area contributed by atoms with Crippen LogP contribution in [0.15, 0.2) is 49.7 Å². The number of guanidine groups is 1. The number of oxime groups is 1. The van der Waals surface area contributed by atoms with Crippen LogP contribution >= 0.6 is 15.9 Å². The lowest BCUT2D eigenvalue weighted by Crippen LogP contribution is -2.30. The first-order valence-corrected chi connectivity index (χ1v) is 10.8. The van der Waals surface area contributed by atoms with E-state index in [1.807, 2.05) is 0 Å². The van der Waals surface area contributed by atoms with Gasteiger partial charge in [0, 0.05) is 10.2 Å². The topological polar surface area (TPSA) is 182 Å². The third kappa shape index (κ3) is 6.77. The highest BCUT2D eigenvalue weighted by molar-refractivity contribution is 9.10. The molecule has 0 bridgehead atoms. The molecule has 1 aromatic carbocycles. The van der Waals surface area contributed by atoms with Crippen molar-refractivity contribution < 1.29 is 18.0 Å². The van der Waals surface area contributed by atoms with Crippen molar-refractivity contribution in [2.24, 2.45) is 16.6 Å². The summed E-state index contributed by atoms with van der Waals surface area (Å²) in [6.45, 7) is 1.76. The second-order valence-electron chi connectivity index (χ2n) is 6.12. The molecule has 11 nitrogen and oxygen atoms in total. The van der Waals surface area contributed by atoms with E-state index in [1.165, 1.54) is 18.2 Å². The Balaban J connectivity index is 2.18. The number of aromatic amines is 1. The average molecular weight is 501 g/mol. The zero-order valence-electron chi connectivity index (χ0n) is 15.9. The molecule has 1 amide bonds. The van der Waals surface area contributed by atoms with Crippen LogP contribution in [0.1, 0.15) is 11.3 Å². The number of carbonyl (C=O) groups is 1. The second kappa shape index (κ2) is 10.1. The van der Waals surface area contributed by atoms with E-state index < -0.39 is 21.5 Å². The number of hydrogen-bond donors (Lipinski definition) is 5. The van der Waals surface area contributed by atoms with Crippen LogP contribution in [0.25, 0.3) is 0 Å². The number of sulfonamides is 1.